The molecular weight excluding hydrogens is 368 g/mol. The quantitative estimate of drug-likeness (QED) is 0.659. The van der Waals surface area contributed by atoms with Crippen LogP contribution >= 0.6 is 0 Å². The van der Waals surface area contributed by atoms with Crippen molar-refractivity contribution in [3.8, 4) is 11.5 Å². The summed E-state index contributed by atoms with van der Waals surface area (Å²) in [6.07, 6.45) is 10.2. The molecule has 1 aromatic rings. The highest BCUT2D eigenvalue weighted by atomic mass is 16.5. The second-order valence-corrected chi connectivity index (χ2v) is 7.87. The number of benzene rings is 1. The molecule has 6 heteroatoms. The SMILES string of the molecule is COc1cc(C=CC(=O)N2CCN(C(=O)CCC3CCCC3)CC2)cc(OC)c1. The third kappa shape index (κ3) is 5.99. The summed E-state index contributed by atoms with van der Waals surface area (Å²) in [5.41, 5.74) is 0.843. The van der Waals surface area contributed by atoms with Crippen molar-refractivity contribution < 1.29 is 19.1 Å². The highest BCUT2D eigenvalue weighted by Crippen LogP contribution is 2.28. The number of nitrogens with zero attached hydrogens (tertiary/aromatic N) is 2. The first kappa shape index (κ1) is 21.2. The van der Waals surface area contributed by atoms with Crippen LogP contribution in [0.4, 0.5) is 0 Å². The van der Waals surface area contributed by atoms with Gasteiger partial charge in [-0.2, -0.15) is 0 Å². The van der Waals surface area contributed by atoms with E-state index in [1.807, 2.05) is 17.0 Å². The summed E-state index contributed by atoms with van der Waals surface area (Å²) in [5.74, 6) is 2.30. The van der Waals surface area contributed by atoms with Crippen molar-refractivity contribution >= 4 is 17.9 Å². The van der Waals surface area contributed by atoms with Crippen LogP contribution in [0.5, 0.6) is 11.5 Å². The summed E-state index contributed by atoms with van der Waals surface area (Å²) >= 11 is 0. The van der Waals surface area contributed by atoms with Crippen LogP contribution in [-0.4, -0.2) is 62.0 Å². The largest absolute Gasteiger partial charge is 0.497 e. The van der Waals surface area contributed by atoms with Crippen LogP contribution in [0.15, 0.2) is 24.3 Å². The van der Waals surface area contributed by atoms with Gasteiger partial charge in [0.15, 0.2) is 0 Å². The zero-order valence-corrected chi connectivity index (χ0v) is 17.6. The van der Waals surface area contributed by atoms with Crippen LogP contribution in [0, 0.1) is 5.92 Å². The molecule has 2 fully saturated rings. The lowest BCUT2D eigenvalue weighted by Crippen LogP contribution is -2.50. The Morgan fingerprint density at radius 2 is 1.55 bits per heavy atom. The third-order valence-corrected chi connectivity index (χ3v) is 5.98. The van der Waals surface area contributed by atoms with Gasteiger partial charge in [-0.05, 0) is 36.1 Å². The number of rotatable bonds is 7. The van der Waals surface area contributed by atoms with Crippen LogP contribution in [0.25, 0.3) is 6.08 Å². The Morgan fingerprint density at radius 3 is 2.14 bits per heavy atom. The van der Waals surface area contributed by atoms with Gasteiger partial charge in [0.25, 0.3) is 0 Å². The molecular formula is C23H32N2O4. The number of amides is 2. The molecule has 3 rings (SSSR count). The normalized spacial score (nSPS) is 17.7. The number of carbonyl (C=O) groups is 2. The molecule has 0 bridgehead atoms. The fourth-order valence-corrected chi connectivity index (χ4v) is 4.16. The lowest BCUT2D eigenvalue weighted by atomic mass is 10.0. The summed E-state index contributed by atoms with van der Waals surface area (Å²) in [5, 5.41) is 0. The van der Waals surface area contributed by atoms with E-state index in [1.165, 1.54) is 25.7 Å². The third-order valence-electron chi connectivity index (χ3n) is 5.98. The number of hydrogen-bond donors (Lipinski definition) is 0. The molecule has 1 saturated heterocycles. The molecule has 0 radical (unpaired) electrons. The van der Waals surface area contributed by atoms with Gasteiger partial charge in [0, 0.05) is 44.7 Å². The van der Waals surface area contributed by atoms with E-state index < -0.39 is 0 Å². The fraction of sp³-hybridized carbons (Fsp3) is 0.565. The molecule has 0 atom stereocenters. The zero-order chi connectivity index (χ0) is 20.6. The first-order chi connectivity index (χ1) is 14.1. The Hall–Kier alpha value is -2.50. The minimum atomic E-state index is -0.0372. The van der Waals surface area contributed by atoms with Gasteiger partial charge >= 0.3 is 0 Å². The second kappa shape index (κ2) is 10.3. The predicted molar refractivity (Wildman–Crippen MR) is 113 cm³/mol. The van der Waals surface area contributed by atoms with Gasteiger partial charge < -0.3 is 19.3 Å². The standard InChI is InChI=1S/C23H32N2O4/c1-28-20-15-19(16-21(17-20)29-2)8-10-23(27)25-13-11-24(12-14-25)22(26)9-7-18-5-3-4-6-18/h8,10,15-18H,3-7,9,11-14H2,1-2H3. The van der Waals surface area contributed by atoms with Crippen LogP contribution in [0.1, 0.15) is 44.1 Å². The molecule has 1 saturated carbocycles. The smallest absolute Gasteiger partial charge is 0.246 e. The van der Waals surface area contributed by atoms with Gasteiger partial charge in [0.2, 0.25) is 11.8 Å². The molecule has 2 amide bonds. The summed E-state index contributed by atoms with van der Waals surface area (Å²) in [7, 11) is 3.20. The molecule has 0 unspecified atom stereocenters. The van der Waals surface area contributed by atoms with Gasteiger partial charge in [0.05, 0.1) is 14.2 Å². The number of carbonyl (C=O) groups excluding carboxylic acids is 2. The van der Waals surface area contributed by atoms with Gasteiger partial charge in [-0.3, -0.25) is 9.59 Å². The minimum Gasteiger partial charge on any atom is -0.497 e. The predicted octanol–water partition coefficient (Wildman–Crippen LogP) is 3.36. The molecule has 1 aromatic carbocycles. The number of piperazine rings is 1. The van der Waals surface area contributed by atoms with Crippen molar-refractivity contribution in [1.82, 2.24) is 9.80 Å². The second-order valence-electron chi connectivity index (χ2n) is 7.87. The molecule has 0 spiro atoms. The molecule has 2 aliphatic rings. The summed E-state index contributed by atoms with van der Waals surface area (Å²) in [4.78, 5) is 28.7. The lowest BCUT2D eigenvalue weighted by Gasteiger charge is -2.34. The number of ether oxygens (including phenoxy) is 2. The Kier molecular flexibility index (Phi) is 7.55. The minimum absolute atomic E-state index is 0.0372. The van der Waals surface area contributed by atoms with Crippen molar-refractivity contribution in [3.05, 3.63) is 29.8 Å². The molecule has 158 valence electrons. The maximum atomic E-state index is 12.5. The van der Waals surface area contributed by atoms with Crippen molar-refractivity contribution in [2.45, 2.75) is 38.5 Å². The van der Waals surface area contributed by atoms with Crippen molar-refractivity contribution in [2.24, 2.45) is 5.92 Å². The molecule has 1 heterocycles. The van der Waals surface area contributed by atoms with Gasteiger partial charge in [-0.25, -0.2) is 0 Å². The van der Waals surface area contributed by atoms with Crippen molar-refractivity contribution in [3.63, 3.8) is 0 Å². The first-order valence-corrected chi connectivity index (χ1v) is 10.6. The molecule has 1 aliphatic carbocycles. The van der Waals surface area contributed by atoms with E-state index in [0.717, 1.165) is 17.9 Å². The van der Waals surface area contributed by atoms with Crippen LogP contribution in [0.3, 0.4) is 0 Å². The van der Waals surface area contributed by atoms with Gasteiger partial charge in [-0.1, -0.05) is 25.7 Å². The van der Waals surface area contributed by atoms with Gasteiger partial charge in [0.1, 0.15) is 11.5 Å². The maximum Gasteiger partial charge on any atom is 0.246 e. The average Bonchev–Trinajstić information content (AvgIpc) is 3.29. The molecule has 0 aromatic heterocycles. The summed E-state index contributed by atoms with van der Waals surface area (Å²) in [6.45, 7) is 2.41. The van der Waals surface area contributed by atoms with E-state index in [2.05, 4.69) is 0 Å². The first-order valence-electron chi connectivity index (χ1n) is 10.6. The highest BCUT2D eigenvalue weighted by Gasteiger charge is 2.24. The summed E-state index contributed by atoms with van der Waals surface area (Å²) in [6, 6.07) is 5.50. The lowest BCUT2D eigenvalue weighted by molar-refractivity contribution is -0.137. The maximum absolute atomic E-state index is 12.5. The van der Waals surface area contributed by atoms with Crippen LogP contribution < -0.4 is 9.47 Å². The van der Waals surface area contributed by atoms with E-state index in [9.17, 15) is 9.59 Å². The molecule has 6 nitrogen and oxygen atoms in total. The summed E-state index contributed by atoms with van der Waals surface area (Å²) < 4.78 is 10.5. The Balaban J connectivity index is 1.47. The zero-order valence-electron chi connectivity index (χ0n) is 17.6. The van der Waals surface area contributed by atoms with Gasteiger partial charge in [-0.15, -0.1) is 0 Å². The van der Waals surface area contributed by atoms with E-state index >= 15 is 0 Å². The molecule has 1 aliphatic heterocycles. The molecule has 0 N–H and O–H groups in total. The topological polar surface area (TPSA) is 59.1 Å². The average molecular weight is 401 g/mol. The Labute approximate surface area is 173 Å². The molecule has 29 heavy (non-hydrogen) atoms. The Bertz CT molecular complexity index is 710. The van der Waals surface area contributed by atoms with Crippen molar-refractivity contribution in [1.29, 1.82) is 0 Å². The van der Waals surface area contributed by atoms with Crippen molar-refractivity contribution in [2.75, 3.05) is 40.4 Å². The number of hydrogen-bond acceptors (Lipinski definition) is 4. The van der Waals surface area contributed by atoms with Crippen LogP contribution in [0.2, 0.25) is 0 Å². The van der Waals surface area contributed by atoms with E-state index in [1.54, 1.807) is 37.3 Å². The highest BCUT2D eigenvalue weighted by molar-refractivity contribution is 5.92. The number of methoxy groups -OCH3 is 2. The van der Waals surface area contributed by atoms with E-state index in [4.69, 9.17) is 9.47 Å². The monoisotopic (exact) mass is 400 g/mol. The van der Waals surface area contributed by atoms with E-state index in [-0.39, 0.29) is 11.8 Å². The fourth-order valence-electron chi connectivity index (χ4n) is 4.16. The Morgan fingerprint density at radius 1 is 0.966 bits per heavy atom. The van der Waals surface area contributed by atoms with Crippen LogP contribution in [-0.2, 0) is 9.59 Å². The van der Waals surface area contributed by atoms with E-state index in [0.29, 0.717) is 44.1 Å².